The van der Waals surface area contributed by atoms with Gasteiger partial charge in [-0.05, 0) is 38.0 Å². The second-order valence-electron chi connectivity index (χ2n) is 9.06. The Labute approximate surface area is 232 Å². The number of rotatable bonds is 8. The average Bonchev–Trinajstić information content (AvgIpc) is 3.59. The topological polar surface area (TPSA) is 151 Å². The minimum atomic E-state index is -0.396. The van der Waals surface area contributed by atoms with Crippen LogP contribution in [0.4, 0.5) is 5.82 Å². The third-order valence-corrected chi connectivity index (χ3v) is 6.39. The zero-order valence-corrected chi connectivity index (χ0v) is 22.4. The van der Waals surface area contributed by atoms with Crippen LogP contribution in [0.1, 0.15) is 42.0 Å². The van der Waals surface area contributed by atoms with E-state index in [2.05, 4.69) is 21.9 Å². The number of nitrogen functional groups attached to an aromatic ring is 1. The number of benzene rings is 1. The molecule has 40 heavy (non-hydrogen) atoms. The van der Waals surface area contributed by atoms with Crippen molar-refractivity contribution in [3.8, 4) is 17.3 Å². The Morgan fingerprint density at radius 2 is 2.12 bits per heavy atom. The van der Waals surface area contributed by atoms with Crippen molar-refractivity contribution in [3.05, 3.63) is 84.6 Å². The summed E-state index contributed by atoms with van der Waals surface area (Å²) in [7, 11) is 1.58. The highest BCUT2D eigenvalue weighted by molar-refractivity contribution is 6.10. The lowest BCUT2D eigenvalue weighted by Crippen LogP contribution is -2.30. The van der Waals surface area contributed by atoms with E-state index in [-0.39, 0.29) is 17.8 Å². The summed E-state index contributed by atoms with van der Waals surface area (Å²) in [5.41, 5.74) is 9.03. The number of aliphatic imine (C=N–C) groups is 1. The molecule has 1 saturated heterocycles. The normalized spacial score (nSPS) is 15.9. The van der Waals surface area contributed by atoms with Gasteiger partial charge in [-0.15, -0.1) is 0 Å². The van der Waals surface area contributed by atoms with Crippen molar-refractivity contribution in [2.24, 2.45) is 4.99 Å². The minimum Gasteiger partial charge on any atom is -0.382 e. The maximum atomic E-state index is 12.9. The number of nitrogens with zero attached hydrogens (tertiary/aromatic N) is 6. The van der Waals surface area contributed by atoms with Crippen molar-refractivity contribution < 1.29 is 14.3 Å². The number of anilines is 1. The van der Waals surface area contributed by atoms with Gasteiger partial charge in [0.15, 0.2) is 0 Å². The van der Waals surface area contributed by atoms with Gasteiger partial charge in [0.1, 0.15) is 28.7 Å². The molecule has 0 unspecified atom stereocenters. The van der Waals surface area contributed by atoms with Crippen molar-refractivity contribution in [1.82, 2.24) is 24.6 Å². The van der Waals surface area contributed by atoms with E-state index in [1.807, 2.05) is 10.5 Å². The number of carbonyl (C=O) groups excluding carboxylic acids is 2. The van der Waals surface area contributed by atoms with E-state index < -0.39 is 5.91 Å². The van der Waals surface area contributed by atoms with Crippen LogP contribution in [0.2, 0.25) is 0 Å². The Bertz CT molecular complexity index is 1560. The van der Waals surface area contributed by atoms with E-state index in [4.69, 9.17) is 20.7 Å². The smallest absolute Gasteiger partial charge is 0.256 e. The lowest BCUT2D eigenvalue weighted by molar-refractivity contribution is -0.127. The van der Waals surface area contributed by atoms with Crippen LogP contribution >= 0.6 is 0 Å². The fourth-order valence-corrected chi connectivity index (χ4v) is 4.57. The highest BCUT2D eigenvalue weighted by atomic mass is 16.5. The molecule has 11 nitrogen and oxygen atoms in total. The average molecular weight is 539 g/mol. The Hall–Kier alpha value is -5.08. The maximum Gasteiger partial charge on any atom is 0.256 e. The third-order valence-electron chi connectivity index (χ3n) is 6.39. The molecule has 204 valence electrons. The van der Waals surface area contributed by atoms with Crippen LogP contribution in [-0.4, -0.2) is 57.2 Å². The first-order chi connectivity index (χ1) is 19.4. The minimum absolute atomic E-state index is 0.102. The fourth-order valence-electron chi connectivity index (χ4n) is 4.57. The molecule has 3 aromatic rings. The van der Waals surface area contributed by atoms with Crippen LogP contribution in [0.25, 0.3) is 16.8 Å². The molecule has 0 aliphatic carbocycles. The molecule has 2 amide bonds. The number of hydrogen-bond acceptors (Lipinski definition) is 8. The number of aromatic nitrogens is 3. The first-order valence-electron chi connectivity index (χ1n) is 12.6. The summed E-state index contributed by atoms with van der Waals surface area (Å²) in [4.78, 5) is 40.8. The molecular formula is C29H30N8O3. The van der Waals surface area contributed by atoms with E-state index in [1.54, 1.807) is 61.7 Å². The number of nitrogens with two attached hydrogens (primary N) is 1. The number of amidine groups is 1. The number of imidazole rings is 1. The maximum absolute atomic E-state index is 12.9. The number of nitrogens with one attached hydrogen (secondary N) is 1. The van der Waals surface area contributed by atoms with E-state index in [9.17, 15) is 9.59 Å². The molecule has 1 atom stereocenters. The van der Waals surface area contributed by atoms with Crippen LogP contribution in [-0.2, 0) is 9.53 Å². The Kier molecular flexibility index (Phi) is 8.83. The molecule has 1 aliphatic rings. The number of ether oxygens (including phenoxy) is 1. The second kappa shape index (κ2) is 12.6. The monoisotopic (exact) mass is 538 g/mol. The Balaban J connectivity index is 1.66. The van der Waals surface area contributed by atoms with Crippen LogP contribution in [0, 0.1) is 11.3 Å². The van der Waals surface area contributed by atoms with Gasteiger partial charge in [-0.25, -0.2) is 15.0 Å². The predicted molar refractivity (Wildman–Crippen MR) is 152 cm³/mol. The van der Waals surface area contributed by atoms with Crippen LogP contribution in [0.5, 0.6) is 0 Å². The van der Waals surface area contributed by atoms with Crippen LogP contribution in [0.15, 0.2) is 78.2 Å². The SMILES string of the molecule is C=C/N=C(\C=C(/C)C#N)NC(=O)c1ccc(-c2nc([C@@H]3CCCN3C(=O)/C=C/COC)n3ccnc(N)c23)cc1. The Morgan fingerprint density at radius 1 is 1.35 bits per heavy atom. The number of fused-ring (bicyclic) bond motifs is 1. The zero-order chi connectivity index (χ0) is 28.6. The number of nitriles is 1. The van der Waals surface area contributed by atoms with Crippen molar-refractivity contribution >= 4 is 29.0 Å². The van der Waals surface area contributed by atoms with Gasteiger partial charge >= 0.3 is 0 Å². The standard InChI is InChI=1S/C29H30N8O3/c1-4-32-23(17-19(2)18-30)34-29(39)21-11-9-20(10-12-21)25-26-27(31)33-13-15-37(26)28(35-25)22-7-5-14-36(22)24(38)8-6-16-40-3/h4,6,8-13,15,17,22H,1,5,7,14,16H2,2-3H3,(H2,31,33)(H,32,34,39)/b8-6+,19-17+/t22-/m0/s1. The predicted octanol–water partition coefficient (Wildman–Crippen LogP) is 3.59. The van der Waals surface area contributed by atoms with Crippen molar-refractivity contribution in [1.29, 1.82) is 5.26 Å². The molecule has 3 N–H and O–H groups in total. The molecule has 0 bridgehead atoms. The van der Waals surface area contributed by atoms with Crippen molar-refractivity contribution in [2.75, 3.05) is 26.0 Å². The second-order valence-corrected chi connectivity index (χ2v) is 9.06. The summed E-state index contributed by atoms with van der Waals surface area (Å²) in [6.45, 7) is 6.14. The van der Waals surface area contributed by atoms with E-state index in [0.717, 1.165) is 18.4 Å². The number of amides is 2. The van der Waals surface area contributed by atoms with Gasteiger partial charge in [0.2, 0.25) is 5.91 Å². The molecule has 11 heteroatoms. The highest BCUT2D eigenvalue weighted by Crippen LogP contribution is 2.36. The molecule has 4 rings (SSSR count). The summed E-state index contributed by atoms with van der Waals surface area (Å²) in [5.74, 6) is 0.705. The number of allylic oxidation sites excluding steroid dienone is 1. The largest absolute Gasteiger partial charge is 0.382 e. The van der Waals surface area contributed by atoms with Crippen LogP contribution < -0.4 is 11.1 Å². The first-order valence-corrected chi connectivity index (χ1v) is 12.6. The number of carbonyl (C=O) groups is 2. The highest BCUT2D eigenvalue weighted by Gasteiger charge is 2.33. The van der Waals surface area contributed by atoms with E-state index >= 15 is 0 Å². The van der Waals surface area contributed by atoms with Crippen molar-refractivity contribution in [3.63, 3.8) is 0 Å². The first kappa shape index (κ1) is 27.9. The third kappa shape index (κ3) is 5.98. The molecule has 1 aliphatic heterocycles. The van der Waals surface area contributed by atoms with E-state index in [1.165, 1.54) is 18.4 Å². The van der Waals surface area contributed by atoms with Gasteiger partial charge in [0.05, 0.1) is 18.7 Å². The zero-order valence-electron chi connectivity index (χ0n) is 22.4. The Morgan fingerprint density at radius 3 is 2.83 bits per heavy atom. The van der Waals surface area contributed by atoms with Crippen molar-refractivity contribution in [2.45, 2.75) is 25.8 Å². The van der Waals surface area contributed by atoms with Gasteiger partial charge in [-0.2, -0.15) is 5.26 Å². The lowest BCUT2D eigenvalue weighted by atomic mass is 10.1. The van der Waals surface area contributed by atoms with E-state index in [0.29, 0.717) is 47.1 Å². The summed E-state index contributed by atoms with van der Waals surface area (Å²) >= 11 is 0. The van der Waals surface area contributed by atoms with Gasteiger partial charge in [0, 0.05) is 55.0 Å². The molecule has 0 spiro atoms. The number of hydrogen-bond donors (Lipinski definition) is 2. The quantitative estimate of drug-likeness (QED) is 0.192. The molecule has 1 aromatic carbocycles. The fraction of sp³-hybridized carbons (Fsp3) is 0.241. The summed E-state index contributed by atoms with van der Waals surface area (Å²) < 4.78 is 6.90. The van der Waals surface area contributed by atoms with Crippen LogP contribution in [0.3, 0.4) is 0 Å². The van der Waals surface area contributed by atoms with Gasteiger partial charge in [-0.3, -0.25) is 14.0 Å². The molecule has 0 radical (unpaired) electrons. The van der Waals surface area contributed by atoms with Gasteiger partial charge in [0.25, 0.3) is 5.91 Å². The number of likely N-dealkylation sites (tertiary alicyclic amines) is 1. The lowest BCUT2D eigenvalue weighted by Gasteiger charge is -2.22. The molecule has 3 heterocycles. The van der Waals surface area contributed by atoms with Gasteiger partial charge < -0.3 is 20.7 Å². The molecule has 2 aromatic heterocycles. The van der Waals surface area contributed by atoms with Gasteiger partial charge in [-0.1, -0.05) is 24.8 Å². The summed E-state index contributed by atoms with van der Waals surface area (Å²) in [6.07, 6.45) is 11.0. The molecule has 1 fully saturated rings. The summed E-state index contributed by atoms with van der Waals surface area (Å²) in [6, 6.07) is 8.65. The summed E-state index contributed by atoms with van der Waals surface area (Å²) in [5, 5.41) is 11.7. The molecule has 0 saturated carbocycles. The molecular weight excluding hydrogens is 508 g/mol. The number of methoxy groups -OCH3 is 1.